The predicted octanol–water partition coefficient (Wildman–Crippen LogP) is 13.0. The second-order valence-corrected chi connectivity index (χ2v) is 14.7. The monoisotopic (exact) mass is 924 g/mol. The molecule has 3 nitrogen and oxygen atoms in total. The van der Waals surface area contributed by atoms with Crippen molar-refractivity contribution in [1.82, 2.24) is 9.97 Å². The van der Waals surface area contributed by atoms with E-state index in [0.717, 1.165) is 50.5 Å². The molecule has 1 aliphatic carbocycles. The van der Waals surface area contributed by atoms with Crippen molar-refractivity contribution in [3.05, 3.63) is 234 Å². The van der Waals surface area contributed by atoms with Crippen molar-refractivity contribution in [1.29, 1.82) is 0 Å². The number of phenolic OH excluding ortho intramolecular Hbond substituents is 1. The van der Waals surface area contributed by atoms with Crippen LogP contribution in [0.2, 0.25) is 0 Å². The van der Waals surface area contributed by atoms with E-state index in [1.165, 1.54) is 33.4 Å². The van der Waals surface area contributed by atoms with Gasteiger partial charge < -0.3 is 5.11 Å². The second kappa shape index (κ2) is 15.3. The van der Waals surface area contributed by atoms with Gasteiger partial charge in [-0.3, -0.25) is 9.97 Å². The molecule has 58 heavy (non-hydrogen) atoms. The van der Waals surface area contributed by atoms with E-state index in [4.69, 9.17) is 9.97 Å². The van der Waals surface area contributed by atoms with Crippen LogP contribution in [0.25, 0.3) is 67.2 Å². The number of pyridine rings is 2. The number of hydrogen-bond donors (Lipinski definition) is 1. The molecule has 0 spiro atoms. The summed E-state index contributed by atoms with van der Waals surface area (Å²) in [4.78, 5) is 10.1. The molecule has 0 atom stereocenters. The van der Waals surface area contributed by atoms with Crippen molar-refractivity contribution in [3.8, 4) is 72.9 Å². The molecule has 0 saturated carbocycles. The van der Waals surface area contributed by atoms with E-state index in [0.29, 0.717) is 11.3 Å². The van der Waals surface area contributed by atoms with Crippen molar-refractivity contribution in [2.75, 3.05) is 0 Å². The van der Waals surface area contributed by atoms with Crippen LogP contribution in [0.15, 0.2) is 200 Å². The summed E-state index contributed by atoms with van der Waals surface area (Å²) in [7, 11) is 0. The summed E-state index contributed by atoms with van der Waals surface area (Å²) in [5, 5.41) is 10.8. The molecule has 280 valence electrons. The average Bonchev–Trinajstić information content (AvgIpc) is 3.57. The molecule has 0 fully saturated rings. The number of benzene rings is 7. The van der Waals surface area contributed by atoms with Crippen LogP contribution in [0, 0.1) is 13.0 Å². The summed E-state index contributed by atoms with van der Waals surface area (Å²) in [6, 6.07) is 73.5. The largest absolute Gasteiger partial charge is 0.507 e. The molecule has 0 amide bonds. The Hall–Kier alpha value is -6.67. The molecule has 0 unspecified atom stereocenters. The molecule has 10 rings (SSSR count). The van der Waals surface area contributed by atoms with Gasteiger partial charge in [-0.25, -0.2) is 0 Å². The first-order valence-electron chi connectivity index (χ1n) is 19.3. The molecule has 7 aromatic carbocycles. The minimum Gasteiger partial charge on any atom is -0.507 e. The Labute approximate surface area is 353 Å². The smallest absolute Gasteiger partial charge is 0.124 e. The number of phenols is 1. The van der Waals surface area contributed by atoms with Gasteiger partial charge in [-0.1, -0.05) is 163 Å². The molecule has 2 heterocycles. The maximum absolute atomic E-state index is 10.8. The van der Waals surface area contributed by atoms with Gasteiger partial charge in [-0.2, -0.15) is 0 Å². The normalized spacial score (nSPS) is 12.3. The summed E-state index contributed by atoms with van der Waals surface area (Å²) in [5.41, 5.74) is 17.0. The molecular formula is C54H37N2OPt-. The quantitative estimate of drug-likeness (QED) is 0.162. The molecule has 1 N–H and O–H groups in total. The third kappa shape index (κ3) is 6.39. The Bertz CT molecular complexity index is 2890. The molecule has 0 aliphatic heterocycles. The topological polar surface area (TPSA) is 46.0 Å². The number of nitrogens with zero attached hydrogens (tertiary/aromatic N) is 2. The molecule has 0 radical (unpaired) electrons. The fourth-order valence-electron chi connectivity index (χ4n) is 8.66. The van der Waals surface area contributed by atoms with Crippen LogP contribution in [-0.4, -0.2) is 15.1 Å². The van der Waals surface area contributed by atoms with E-state index in [2.05, 4.69) is 153 Å². The van der Waals surface area contributed by atoms with Gasteiger partial charge >= 0.3 is 0 Å². The van der Waals surface area contributed by atoms with Crippen molar-refractivity contribution in [2.24, 2.45) is 0 Å². The number of aryl methyl sites for hydroxylation is 1. The van der Waals surface area contributed by atoms with Gasteiger partial charge in [0.15, 0.2) is 0 Å². The Morgan fingerprint density at radius 1 is 0.414 bits per heavy atom. The molecule has 9 aromatic rings. The van der Waals surface area contributed by atoms with E-state index in [9.17, 15) is 5.11 Å². The number of aromatic hydroxyl groups is 1. The van der Waals surface area contributed by atoms with Crippen LogP contribution >= 0.6 is 0 Å². The van der Waals surface area contributed by atoms with Gasteiger partial charge in [-0.15, -0.1) is 24.3 Å². The minimum absolute atomic E-state index is 0. The second-order valence-electron chi connectivity index (χ2n) is 14.7. The van der Waals surface area contributed by atoms with Crippen molar-refractivity contribution in [3.63, 3.8) is 0 Å². The molecule has 1 aliphatic rings. The Morgan fingerprint density at radius 2 is 0.948 bits per heavy atom. The van der Waals surface area contributed by atoms with E-state index >= 15 is 0 Å². The van der Waals surface area contributed by atoms with Gasteiger partial charge in [0.05, 0.1) is 11.1 Å². The molecule has 0 bridgehead atoms. The number of hydrogen-bond acceptors (Lipinski definition) is 3. The standard InChI is InChI=1S/C54H37N2O.Pt/c1-36-30-41(38-28-29-46-45-24-11-13-26-48(45)54(49(46)32-38,43-20-7-3-8-21-43)44-22-9-4-10-23-44)33-50(55-36)39-18-15-19-40(31-39)51-34-42(37-16-5-2-6-17-37)35-52(56-51)47-25-12-14-27-53(47)57;/h2-30,32-35,57H,1H3;/q-1;. The van der Waals surface area contributed by atoms with Gasteiger partial charge in [-0.05, 0) is 92.9 Å². The number of para-hydroxylation sites is 1. The first-order valence-corrected chi connectivity index (χ1v) is 19.3. The Balaban J connectivity index is 0.00000436. The average molecular weight is 925 g/mol. The summed E-state index contributed by atoms with van der Waals surface area (Å²) in [5.74, 6) is 0.190. The molecular weight excluding hydrogens is 888 g/mol. The van der Waals surface area contributed by atoms with Crippen LogP contribution < -0.4 is 0 Å². The zero-order chi connectivity index (χ0) is 38.3. The minimum atomic E-state index is -0.478. The number of rotatable bonds is 7. The Kier molecular flexibility index (Phi) is 9.77. The predicted molar refractivity (Wildman–Crippen MR) is 232 cm³/mol. The van der Waals surface area contributed by atoms with E-state index in [-0.39, 0.29) is 26.8 Å². The van der Waals surface area contributed by atoms with Crippen LogP contribution in [0.5, 0.6) is 5.75 Å². The maximum atomic E-state index is 10.8. The number of fused-ring (bicyclic) bond motifs is 3. The fraction of sp³-hybridized carbons (Fsp3) is 0.0370. The summed E-state index contributed by atoms with van der Waals surface area (Å²) >= 11 is 0. The summed E-state index contributed by atoms with van der Waals surface area (Å²) in [6.45, 7) is 2.06. The van der Waals surface area contributed by atoms with E-state index in [1.54, 1.807) is 6.07 Å². The maximum Gasteiger partial charge on any atom is 0.124 e. The summed E-state index contributed by atoms with van der Waals surface area (Å²) in [6.07, 6.45) is 0. The van der Waals surface area contributed by atoms with Crippen LogP contribution in [0.4, 0.5) is 0 Å². The third-order valence-corrected chi connectivity index (χ3v) is 11.2. The first kappa shape index (κ1) is 36.9. The zero-order valence-electron chi connectivity index (χ0n) is 31.7. The van der Waals surface area contributed by atoms with Gasteiger partial charge in [0.1, 0.15) is 5.75 Å². The summed E-state index contributed by atoms with van der Waals surface area (Å²) < 4.78 is 0. The van der Waals surface area contributed by atoms with E-state index < -0.39 is 5.41 Å². The molecule has 4 heteroatoms. The van der Waals surface area contributed by atoms with E-state index in [1.807, 2.05) is 54.6 Å². The first-order chi connectivity index (χ1) is 28.1. The van der Waals surface area contributed by atoms with Crippen molar-refractivity contribution < 1.29 is 26.2 Å². The van der Waals surface area contributed by atoms with Crippen molar-refractivity contribution >= 4 is 0 Å². The Morgan fingerprint density at radius 3 is 1.62 bits per heavy atom. The van der Waals surface area contributed by atoms with Crippen LogP contribution in [-0.2, 0) is 26.5 Å². The zero-order valence-corrected chi connectivity index (χ0v) is 34.0. The van der Waals surface area contributed by atoms with Crippen LogP contribution in [0.1, 0.15) is 27.9 Å². The fourth-order valence-corrected chi connectivity index (χ4v) is 8.66. The van der Waals surface area contributed by atoms with Gasteiger partial charge in [0.2, 0.25) is 0 Å². The van der Waals surface area contributed by atoms with Gasteiger partial charge in [0, 0.05) is 43.7 Å². The molecule has 0 saturated heterocycles. The SMILES string of the molecule is Cc1cc(-c2ccc3c(c2)C(c2ccccc2)(c2ccccc2)c2ccccc2-3)cc(-c2[c-]c(-c3cc(-c4ccccc4)cc(-c4ccccc4O)n3)ccc2)n1.[Pt]. The van der Waals surface area contributed by atoms with Crippen molar-refractivity contribution in [2.45, 2.75) is 12.3 Å². The van der Waals surface area contributed by atoms with Crippen LogP contribution in [0.3, 0.4) is 0 Å². The third-order valence-electron chi connectivity index (χ3n) is 11.2. The van der Waals surface area contributed by atoms with Gasteiger partial charge in [0.25, 0.3) is 0 Å². The number of aromatic nitrogens is 2. The molecule has 2 aromatic heterocycles.